The van der Waals surface area contributed by atoms with Gasteiger partial charge in [-0.1, -0.05) is 70.3 Å². The first-order chi connectivity index (χ1) is 15.5. The number of carbonyl (C=O) groups excluding carboxylic acids is 2. The summed E-state index contributed by atoms with van der Waals surface area (Å²) >= 11 is 0. The summed E-state index contributed by atoms with van der Waals surface area (Å²) in [6, 6.07) is 0. The molecule has 0 aliphatic heterocycles. The Morgan fingerprint density at radius 2 is 1.25 bits per heavy atom. The molecule has 0 aromatic carbocycles. The van der Waals surface area contributed by atoms with Crippen LogP contribution < -0.4 is 16.9 Å². The summed E-state index contributed by atoms with van der Waals surface area (Å²) in [5, 5.41) is 0. The van der Waals surface area contributed by atoms with Crippen LogP contribution in [0, 0.1) is 0 Å². The number of allylic oxidation sites excluding steroid dienone is 2. The van der Waals surface area contributed by atoms with Crippen molar-refractivity contribution in [3.8, 4) is 0 Å². The van der Waals surface area contributed by atoms with Crippen LogP contribution in [0.1, 0.15) is 94.7 Å². The molecule has 0 fully saturated rings. The van der Waals surface area contributed by atoms with Crippen molar-refractivity contribution in [2.45, 2.75) is 89.9 Å². The maximum atomic E-state index is 12.3. The van der Waals surface area contributed by atoms with Gasteiger partial charge in [0.2, 0.25) is 0 Å². The van der Waals surface area contributed by atoms with E-state index in [-0.39, 0.29) is 11.2 Å². The predicted molar refractivity (Wildman–Crippen MR) is 124 cm³/mol. The van der Waals surface area contributed by atoms with Gasteiger partial charge in [-0.3, -0.25) is 24.5 Å². The zero-order chi connectivity index (χ0) is 23.2. The van der Waals surface area contributed by atoms with Gasteiger partial charge in [-0.25, -0.2) is 14.2 Å². The second-order valence-electron chi connectivity index (χ2n) is 8.12. The van der Waals surface area contributed by atoms with Gasteiger partial charge in [-0.2, -0.15) is 0 Å². The van der Waals surface area contributed by atoms with Crippen molar-refractivity contribution in [3.05, 3.63) is 43.5 Å². The molecule has 2 heterocycles. The molecule has 0 aliphatic carbocycles. The lowest BCUT2D eigenvalue weighted by molar-refractivity contribution is -0.107. The molecule has 0 saturated heterocycles. The monoisotopic (exact) mass is 446 g/mol. The van der Waals surface area contributed by atoms with Crippen molar-refractivity contribution >= 4 is 23.4 Å². The minimum absolute atomic E-state index is 0.128. The largest absolute Gasteiger partial charge is 0.334 e. The Bertz CT molecular complexity index is 1060. The smallest absolute Gasteiger partial charge is 0.303 e. The molecule has 3 N–H and O–H groups in total. The van der Waals surface area contributed by atoms with Crippen LogP contribution in [0.25, 0.3) is 11.2 Å². The number of nitrogens with one attached hydrogen (secondary N) is 3. The average Bonchev–Trinajstić information content (AvgIpc) is 3.09. The number of hydrogen-bond donors (Lipinski definition) is 3. The third-order valence-electron chi connectivity index (χ3n) is 5.51. The maximum absolute atomic E-state index is 12.3. The van der Waals surface area contributed by atoms with E-state index in [1.54, 1.807) is 6.08 Å². The summed E-state index contributed by atoms with van der Waals surface area (Å²) in [5.41, 5.74) is -2.55. The van der Waals surface area contributed by atoms with E-state index in [0.717, 1.165) is 43.0 Å². The first-order valence-corrected chi connectivity index (χ1v) is 11.7. The second kappa shape index (κ2) is 14.2. The minimum Gasteiger partial charge on any atom is -0.303 e. The van der Waals surface area contributed by atoms with Gasteiger partial charge in [0.25, 0.3) is 11.5 Å². The van der Waals surface area contributed by atoms with Crippen molar-refractivity contribution in [1.82, 2.24) is 19.5 Å². The molecule has 0 bridgehead atoms. The third kappa shape index (κ3) is 8.28. The van der Waals surface area contributed by atoms with Crippen LogP contribution in [-0.4, -0.2) is 31.7 Å². The van der Waals surface area contributed by atoms with E-state index in [9.17, 15) is 24.0 Å². The van der Waals surface area contributed by atoms with Gasteiger partial charge in [0, 0.05) is 12.5 Å². The van der Waals surface area contributed by atoms with Gasteiger partial charge in [-0.15, -0.1) is 0 Å². The topological polar surface area (TPSA) is 138 Å². The Balaban J connectivity index is 1.57. The van der Waals surface area contributed by atoms with Gasteiger partial charge >= 0.3 is 11.4 Å². The Kier molecular flexibility index (Phi) is 11.2. The Labute approximate surface area is 186 Å². The quantitative estimate of drug-likeness (QED) is 0.206. The fourth-order valence-electron chi connectivity index (χ4n) is 3.75. The van der Waals surface area contributed by atoms with E-state index in [1.807, 2.05) is 4.98 Å². The van der Waals surface area contributed by atoms with E-state index in [0.29, 0.717) is 6.42 Å². The highest BCUT2D eigenvalue weighted by Crippen LogP contribution is 2.13. The number of carbonyl (C=O) groups is 2. The van der Waals surface area contributed by atoms with Crippen LogP contribution >= 0.6 is 0 Å². The summed E-state index contributed by atoms with van der Waals surface area (Å²) in [5.74, 6) is -0.605. The predicted octanol–water partition coefficient (Wildman–Crippen LogP) is 3.56. The Morgan fingerprint density at radius 1 is 0.719 bits per heavy atom. The van der Waals surface area contributed by atoms with Crippen LogP contribution in [0.3, 0.4) is 0 Å². The van der Waals surface area contributed by atoms with Gasteiger partial charge < -0.3 is 4.79 Å². The summed E-state index contributed by atoms with van der Waals surface area (Å²) in [4.78, 5) is 64.3. The van der Waals surface area contributed by atoms with E-state index in [2.05, 4.69) is 9.97 Å². The van der Waals surface area contributed by atoms with Crippen LogP contribution in [0.15, 0.2) is 26.5 Å². The number of H-pyrrole nitrogens is 3. The third-order valence-corrected chi connectivity index (χ3v) is 5.51. The molecule has 9 nitrogen and oxygen atoms in total. The zero-order valence-electron chi connectivity index (χ0n) is 18.6. The van der Waals surface area contributed by atoms with Crippen molar-refractivity contribution in [3.63, 3.8) is 0 Å². The lowest BCUT2D eigenvalue weighted by Gasteiger charge is -2.02. The highest BCUT2D eigenvalue weighted by atomic mass is 16.2. The lowest BCUT2D eigenvalue weighted by atomic mass is 10.0. The first-order valence-electron chi connectivity index (χ1n) is 11.7. The zero-order valence-corrected chi connectivity index (χ0v) is 18.6. The molecule has 9 heteroatoms. The number of unbranched alkanes of at least 4 members (excludes halogenated alkanes) is 13. The van der Waals surface area contributed by atoms with Crippen molar-refractivity contribution in [2.75, 3.05) is 0 Å². The fourth-order valence-corrected chi connectivity index (χ4v) is 3.75. The molecule has 0 radical (unpaired) electrons. The van der Waals surface area contributed by atoms with E-state index in [4.69, 9.17) is 0 Å². The minimum atomic E-state index is -0.780. The summed E-state index contributed by atoms with van der Waals surface area (Å²) in [7, 11) is 0. The molecule has 0 atom stereocenters. The molecule has 0 saturated carbocycles. The number of aldehydes is 1. The Hall–Kier alpha value is -2.97. The van der Waals surface area contributed by atoms with Crippen molar-refractivity contribution in [2.24, 2.45) is 0 Å². The maximum Gasteiger partial charge on any atom is 0.334 e. The number of rotatable bonds is 16. The Morgan fingerprint density at radius 3 is 1.81 bits per heavy atom. The highest BCUT2D eigenvalue weighted by molar-refractivity contribution is 5.95. The molecule has 0 aliphatic rings. The highest BCUT2D eigenvalue weighted by Gasteiger charge is 2.15. The normalized spacial score (nSPS) is 11.5. The summed E-state index contributed by atoms with van der Waals surface area (Å²) < 4.78 is 0.758. The number of nitrogens with zero attached hydrogens (tertiary/aromatic N) is 1. The number of hydrogen-bond acceptors (Lipinski definition) is 5. The summed E-state index contributed by atoms with van der Waals surface area (Å²) in [6.45, 7) is 0. The van der Waals surface area contributed by atoms with Crippen LogP contribution in [-0.2, 0) is 4.79 Å². The molecule has 2 aromatic heterocycles. The van der Waals surface area contributed by atoms with Crippen LogP contribution in [0.2, 0.25) is 0 Å². The molecule has 32 heavy (non-hydrogen) atoms. The van der Waals surface area contributed by atoms with Crippen LogP contribution in [0.4, 0.5) is 0 Å². The van der Waals surface area contributed by atoms with Gasteiger partial charge in [0.05, 0.1) is 0 Å². The molecule has 0 spiro atoms. The first kappa shape index (κ1) is 25.3. The molecule has 2 rings (SSSR count). The number of fused-ring (bicyclic) bond motifs is 1. The van der Waals surface area contributed by atoms with Crippen molar-refractivity contribution < 1.29 is 9.59 Å². The standard InChI is InChI=1S/C23H34N4O5/c28-17-15-13-11-9-7-5-3-1-2-4-6-8-10-12-14-16-18(29)27-20-19(24-23(27)32)21(30)26-22(31)25-20/h14,16-17H,1-13,15H2,(H,24,32)(H2,25,26,30,31). The molecule has 0 amide bonds. The number of aromatic nitrogens is 4. The van der Waals surface area contributed by atoms with Gasteiger partial charge in [0.1, 0.15) is 6.29 Å². The number of aromatic amines is 3. The van der Waals surface area contributed by atoms with Crippen LogP contribution in [0.5, 0.6) is 0 Å². The second-order valence-corrected chi connectivity index (χ2v) is 8.12. The molecule has 176 valence electrons. The van der Waals surface area contributed by atoms with E-state index < -0.39 is 22.8 Å². The lowest BCUT2D eigenvalue weighted by Crippen LogP contribution is -2.25. The van der Waals surface area contributed by atoms with Gasteiger partial charge in [0.15, 0.2) is 11.2 Å². The fraction of sp³-hybridized carbons (Fsp3) is 0.609. The van der Waals surface area contributed by atoms with E-state index in [1.165, 1.54) is 57.4 Å². The van der Waals surface area contributed by atoms with Crippen molar-refractivity contribution in [1.29, 1.82) is 0 Å². The van der Waals surface area contributed by atoms with E-state index >= 15 is 0 Å². The molecule has 0 unspecified atom stereocenters. The SMILES string of the molecule is O=CCCCCCCCCCCCCCCC=CC(=O)n1c(=O)[nH]c2c(=O)[nH]c(=O)[nH]c21. The van der Waals surface area contributed by atoms with Gasteiger partial charge in [-0.05, 0) is 19.3 Å². The molecular weight excluding hydrogens is 412 g/mol. The molecule has 2 aromatic rings. The summed E-state index contributed by atoms with van der Waals surface area (Å²) in [6.07, 6.45) is 19.6. The molecular formula is C23H34N4O5. The number of imidazole rings is 1. The average molecular weight is 447 g/mol.